The fourth-order valence-corrected chi connectivity index (χ4v) is 4.83. The monoisotopic (exact) mass is 465 g/mol. The molecular weight excluding hydrogens is 438 g/mol. The lowest BCUT2D eigenvalue weighted by Gasteiger charge is -2.37. The van der Waals surface area contributed by atoms with Gasteiger partial charge in [-0.2, -0.15) is 0 Å². The first-order chi connectivity index (χ1) is 16.3. The fourth-order valence-electron chi connectivity index (χ4n) is 4.83. The Morgan fingerprint density at radius 1 is 1.21 bits per heavy atom. The normalized spacial score (nSPS) is 22.4. The Balaban J connectivity index is 1.95. The molecule has 1 aromatic carbocycles. The number of rotatable bonds is 5. The van der Waals surface area contributed by atoms with Gasteiger partial charge in [0.2, 0.25) is 0 Å². The molecule has 4 rings (SSSR count). The van der Waals surface area contributed by atoms with Gasteiger partial charge < -0.3 is 19.2 Å². The van der Waals surface area contributed by atoms with Crippen molar-refractivity contribution in [1.82, 2.24) is 5.32 Å². The molecule has 34 heavy (non-hydrogen) atoms. The Hall–Kier alpha value is -3.68. The summed E-state index contributed by atoms with van der Waals surface area (Å²) < 4.78 is 16.0. The van der Waals surface area contributed by atoms with Crippen LogP contribution in [-0.2, 0) is 23.9 Å². The molecule has 0 fully saturated rings. The van der Waals surface area contributed by atoms with Crippen LogP contribution in [0.1, 0.15) is 45.1 Å². The van der Waals surface area contributed by atoms with Gasteiger partial charge in [-0.3, -0.25) is 14.4 Å². The topological polar surface area (TPSA) is 112 Å². The number of carbonyl (C=O) groups is 3. The molecule has 2 aromatic rings. The summed E-state index contributed by atoms with van der Waals surface area (Å²) in [6, 6.07) is 6.77. The number of ketones is 1. The first-order valence-corrected chi connectivity index (χ1v) is 11.3. The summed E-state index contributed by atoms with van der Waals surface area (Å²) in [7, 11) is 1.23. The number of benzene rings is 1. The van der Waals surface area contributed by atoms with Gasteiger partial charge in [-0.05, 0) is 37.8 Å². The van der Waals surface area contributed by atoms with Crippen LogP contribution in [-0.4, -0.2) is 31.4 Å². The van der Waals surface area contributed by atoms with Gasteiger partial charge in [0, 0.05) is 22.5 Å². The minimum atomic E-state index is -1.04. The minimum absolute atomic E-state index is 0.141. The SMILES string of the molecule is CCCOC(=O)C1=C(C)NC2=C(C(=O)[C@H](C(=O)OC)[C@H](C)C2)[C@H]1c1coc2ccccc2c1=O. The van der Waals surface area contributed by atoms with Gasteiger partial charge >= 0.3 is 11.9 Å². The highest BCUT2D eigenvalue weighted by Gasteiger charge is 2.48. The maximum absolute atomic E-state index is 13.7. The van der Waals surface area contributed by atoms with Crippen LogP contribution in [0.15, 0.2) is 62.3 Å². The number of ether oxygens (including phenoxy) is 2. The Labute approximate surface area is 196 Å². The van der Waals surface area contributed by atoms with Crippen molar-refractivity contribution in [1.29, 1.82) is 0 Å². The summed E-state index contributed by atoms with van der Waals surface area (Å²) >= 11 is 0. The Kier molecular flexibility index (Phi) is 6.41. The smallest absolute Gasteiger partial charge is 0.336 e. The molecule has 3 atom stereocenters. The van der Waals surface area contributed by atoms with Crippen LogP contribution in [0.25, 0.3) is 11.0 Å². The highest BCUT2D eigenvalue weighted by Crippen LogP contribution is 2.45. The van der Waals surface area contributed by atoms with Crippen LogP contribution in [0.2, 0.25) is 0 Å². The van der Waals surface area contributed by atoms with Crippen molar-refractivity contribution < 1.29 is 28.3 Å². The van der Waals surface area contributed by atoms with E-state index >= 15 is 0 Å². The molecule has 0 amide bonds. The van der Waals surface area contributed by atoms with Crippen LogP contribution in [0.3, 0.4) is 0 Å². The molecule has 0 bridgehead atoms. The summed E-state index contributed by atoms with van der Waals surface area (Å²) in [5.74, 6) is -4.13. The maximum atomic E-state index is 13.7. The molecule has 8 nitrogen and oxygen atoms in total. The molecule has 0 saturated heterocycles. The van der Waals surface area contributed by atoms with Gasteiger partial charge in [0.25, 0.3) is 0 Å². The number of hydrogen-bond donors (Lipinski definition) is 1. The van der Waals surface area contributed by atoms with E-state index in [2.05, 4.69) is 5.32 Å². The molecule has 1 aliphatic carbocycles. The van der Waals surface area contributed by atoms with E-state index in [1.165, 1.54) is 13.4 Å². The van der Waals surface area contributed by atoms with E-state index < -0.39 is 29.6 Å². The highest BCUT2D eigenvalue weighted by molar-refractivity contribution is 6.12. The van der Waals surface area contributed by atoms with Crippen molar-refractivity contribution in [3.63, 3.8) is 0 Å². The minimum Gasteiger partial charge on any atom is -0.468 e. The molecule has 1 aliphatic heterocycles. The zero-order valence-corrected chi connectivity index (χ0v) is 19.6. The second kappa shape index (κ2) is 9.29. The summed E-state index contributed by atoms with van der Waals surface area (Å²) in [5.41, 5.74) is 1.61. The molecular formula is C26H27NO7. The van der Waals surface area contributed by atoms with Crippen LogP contribution in [0, 0.1) is 11.8 Å². The van der Waals surface area contributed by atoms with E-state index in [1.54, 1.807) is 38.1 Å². The van der Waals surface area contributed by atoms with Gasteiger partial charge in [0.15, 0.2) is 11.2 Å². The Morgan fingerprint density at radius 2 is 1.94 bits per heavy atom. The number of allylic oxidation sites excluding steroid dienone is 3. The molecule has 0 radical (unpaired) electrons. The van der Waals surface area contributed by atoms with Crippen molar-refractivity contribution in [3.8, 4) is 0 Å². The summed E-state index contributed by atoms with van der Waals surface area (Å²) in [4.78, 5) is 52.9. The number of Topliss-reactive ketones (excluding diaryl/α,β-unsaturated/α-hetero) is 1. The number of nitrogens with one attached hydrogen (secondary N) is 1. The second-order valence-electron chi connectivity index (χ2n) is 8.69. The number of methoxy groups -OCH3 is 1. The predicted molar refractivity (Wildman–Crippen MR) is 124 cm³/mol. The number of esters is 2. The Morgan fingerprint density at radius 3 is 2.65 bits per heavy atom. The number of carbonyl (C=O) groups excluding carboxylic acids is 3. The average Bonchev–Trinajstić information content (AvgIpc) is 2.82. The van der Waals surface area contributed by atoms with E-state index in [0.717, 1.165) is 0 Å². The summed E-state index contributed by atoms with van der Waals surface area (Å²) in [5, 5.41) is 3.51. The van der Waals surface area contributed by atoms with E-state index in [4.69, 9.17) is 13.9 Å². The van der Waals surface area contributed by atoms with Crippen LogP contribution in [0.4, 0.5) is 0 Å². The first-order valence-electron chi connectivity index (χ1n) is 11.3. The third-order valence-corrected chi connectivity index (χ3v) is 6.42. The molecule has 0 spiro atoms. The Bertz CT molecular complexity index is 1300. The van der Waals surface area contributed by atoms with Crippen molar-refractivity contribution in [2.45, 2.75) is 39.5 Å². The van der Waals surface area contributed by atoms with Gasteiger partial charge in [-0.25, -0.2) is 4.79 Å². The van der Waals surface area contributed by atoms with Crippen molar-refractivity contribution in [3.05, 3.63) is 68.9 Å². The molecule has 0 saturated carbocycles. The van der Waals surface area contributed by atoms with Gasteiger partial charge in [-0.15, -0.1) is 0 Å². The largest absolute Gasteiger partial charge is 0.468 e. The third-order valence-electron chi connectivity index (χ3n) is 6.42. The van der Waals surface area contributed by atoms with E-state index in [-0.39, 0.29) is 34.7 Å². The van der Waals surface area contributed by atoms with Crippen molar-refractivity contribution >= 4 is 28.7 Å². The standard InChI is InChI=1S/C26H27NO7/c1-5-10-33-26(31)20-14(3)27-17-11-13(2)19(25(30)32-4)24(29)22(17)21(20)16-12-34-18-9-7-6-8-15(18)23(16)28/h6-9,12-13,19,21,27H,5,10-11H2,1-4H3/t13-,19-,21+/m1/s1. The lowest BCUT2D eigenvalue weighted by Crippen LogP contribution is -2.44. The quantitative estimate of drug-likeness (QED) is 0.529. The van der Waals surface area contributed by atoms with Gasteiger partial charge in [0.05, 0.1) is 36.9 Å². The molecule has 8 heteroatoms. The molecule has 0 unspecified atom stereocenters. The van der Waals surface area contributed by atoms with E-state index in [1.807, 2.05) is 6.92 Å². The molecule has 2 aliphatic rings. The van der Waals surface area contributed by atoms with Crippen molar-refractivity contribution in [2.75, 3.05) is 13.7 Å². The number of fused-ring (bicyclic) bond motifs is 1. The third kappa shape index (κ3) is 3.83. The van der Waals surface area contributed by atoms with E-state index in [0.29, 0.717) is 35.2 Å². The molecule has 1 N–H and O–H groups in total. The number of dihydropyridines is 1. The van der Waals surface area contributed by atoms with Crippen molar-refractivity contribution in [2.24, 2.45) is 11.8 Å². The van der Waals surface area contributed by atoms with E-state index in [9.17, 15) is 19.2 Å². The van der Waals surface area contributed by atoms with Crippen LogP contribution in [0.5, 0.6) is 0 Å². The lowest BCUT2D eigenvalue weighted by molar-refractivity contribution is -0.151. The molecule has 2 heterocycles. The summed E-state index contributed by atoms with van der Waals surface area (Å²) in [6.45, 7) is 5.57. The second-order valence-corrected chi connectivity index (χ2v) is 8.69. The molecule has 1 aromatic heterocycles. The predicted octanol–water partition coefficient (Wildman–Crippen LogP) is 3.36. The number of para-hydroxylation sites is 1. The maximum Gasteiger partial charge on any atom is 0.336 e. The van der Waals surface area contributed by atoms with Gasteiger partial charge in [0.1, 0.15) is 11.5 Å². The first kappa shape index (κ1) is 23.5. The number of hydrogen-bond acceptors (Lipinski definition) is 8. The average molecular weight is 466 g/mol. The lowest BCUT2D eigenvalue weighted by atomic mass is 9.69. The highest BCUT2D eigenvalue weighted by atomic mass is 16.5. The fraction of sp³-hybridized carbons (Fsp3) is 0.385. The zero-order chi connectivity index (χ0) is 24.6. The zero-order valence-electron chi connectivity index (χ0n) is 19.6. The van der Waals surface area contributed by atoms with Crippen LogP contribution >= 0.6 is 0 Å². The van der Waals surface area contributed by atoms with Gasteiger partial charge in [-0.1, -0.05) is 26.0 Å². The summed E-state index contributed by atoms with van der Waals surface area (Å²) in [6.07, 6.45) is 2.29. The molecule has 178 valence electrons. The van der Waals surface area contributed by atoms with Crippen LogP contribution < -0.4 is 10.7 Å².